The molecule has 10 nitrogen and oxygen atoms in total. The molecule has 1 aliphatic heterocycles. The second-order valence-corrected chi connectivity index (χ2v) is 8.88. The number of nitrogens with one attached hydrogen (secondary N) is 1. The van der Waals surface area contributed by atoms with Gasteiger partial charge in [-0.05, 0) is 30.5 Å². The van der Waals surface area contributed by atoms with Gasteiger partial charge in [-0.3, -0.25) is 9.78 Å². The highest BCUT2D eigenvalue weighted by atomic mass is 19.2. The Hall–Kier alpha value is -4.26. The molecule has 1 saturated heterocycles. The minimum atomic E-state index is -1.61. The Kier molecular flexibility index (Phi) is 6.15. The van der Waals surface area contributed by atoms with E-state index in [0.29, 0.717) is 41.4 Å². The molecule has 4 N–H and O–H groups in total. The zero-order valence-electron chi connectivity index (χ0n) is 19.7. The second kappa shape index (κ2) is 9.32. The predicted molar refractivity (Wildman–Crippen MR) is 129 cm³/mol. The van der Waals surface area contributed by atoms with Crippen LogP contribution < -0.4 is 16.0 Å². The third-order valence-electron chi connectivity index (χ3n) is 6.48. The summed E-state index contributed by atoms with van der Waals surface area (Å²) >= 11 is 0. The first-order chi connectivity index (χ1) is 17.7. The average Bonchev–Trinajstić information content (AvgIpc) is 3.29. The first-order valence-electron chi connectivity index (χ1n) is 11.4. The van der Waals surface area contributed by atoms with Gasteiger partial charge in [0.15, 0.2) is 28.7 Å². The highest BCUT2D eigenvalue weighted by Crippen LogP contribution is 2.33. The lowest BCUT2D eigenvalue weighted by atomic mass is 9.91. The molecule has 13 heteroatoms. The molecule has 1 amide bonds. The highest BCUT2D eigenvalue weighted by Gasteiger charge is 2.40. The van der Waals surface area contributed by atoms with E-state index in [4.69, 9.17) is 5.73 Å². The van der Waals surface area contributed by atoms with E-state index in [1.54, 1.807) is 10.6 Å². The number of likely N-dealkylation sites (N-methyl/N-ethyl adjacent to an activating group) is 1. The number of carbonyl (C=O) groups is 1. The Bertz CT molecular complexity index is 1510. The lowest BCUT2D eigenvalue weighted by Gasteiger charge is -2.39. The molecule has 0 aliphatic carbocycles. The number of nitrogens with two attached hydrogens (primary N) is 1. The van der Waals surface area contributed by atoms with Crippen LogP contribution in [0, 0.1) is 17.5 Å². The number of aromatic nitrogens is 5. The number of carbonyl (C=O) groups excluding carboxylic acids is 1. The number of piperidine rings is 1. The molecule has 1 aliphatic rings. The summed E-state index contributed by atoms with van der Waals surface area (Å²) in [6.45, 7) is 0.685. The number of rotatable bonds is 5. The van der Waals surface area contributed by atoms with E-state index < -0.39 is 29.0 Å². The van der Waals surface area contributed by atoms with Gasteiger partial charge in [0.25, 0.3) is 5.91 Å². The smallest absolute Gasteiger partial charge is 0.253 e. The van der Waals surface area contributed by atoms with E-state index in [-0.39, 0.29) is 36.6 Å². The molecule has 3 aromatic heterocycles. The number of imidazole rings is 1. The largest absolute Gasteiger partial charge is 0.382 e. The van der Waals surface area contributed by atoms with Crippen molar-refractivity contribution < 1.29 is 23.1 Å². The number of benzene rings is 1. The molecule has 4 aromatic rings. The van der Waals surface area contributed by atoms with E-state index in [2.05, 4.69) is 25.3 Å². The Labute approximate surface area is 209 Å². The summed E-state index contributed by atoms with van der Waals surface area (Å²) < 4.78 is 43.8. The summed E-state index contributed by atoms with van der Waals surface area (Å²) in [4.78, 5) is 31.0. The van der Waals surface area contributed by atoms with E-state index >= 15 is 0 Å². The van der Waals surface area contributed by atoms with E-state index in [0.717, 1.165) is 6.07 Å². The fraction of sp³-hybridized carbons (Fsp3) is 0.292. The third kappa shape index (κ3) is 4.42. The zero-order chi connectivity index (χ0) is 26.3. The molecule has 192 valence electrons. The molecule has 37 heavy (non-hydrogen) atoms. The number of nitrogens with zero attached hydrogens (tertiary/aromatic N) is 6. The molecule has 1 fully saturated rings. The van der Waals surface area contributed by atoms with Crippen LogP contribution >= 0.6 is 0 Å². The number of fused-ring (bicyclic) bond motifs is 1. The predicted octanol–water partition coefficient (Wildman–Crippen LogP) is 2.01. The van der Waals surface area contributed by atoms with Crippen molar-refractivity contribution >= 4 is 28.6 Å². The van der Waals surface area contributed by atoms with Gasteiger partial charge in [0, 0.05) is 25.2 Å². The Morgan fingerprint density at radius 2 is 1.92 bits per heavy atom. The van der Waals surface area contributed by atoms with E-state index in [1.165, 1.54) is 25.9 Å². The maximum absolute atomic E-state index is 14.6. The van der Waals surface area contributed by atoms with Crippen LogP contribution in [0.15, 0.2) is 37.1 Å². The van der Waals surface area contributed by atoms with E-state index in [9.17, 15) is 23.1 Å². The van der Waals surface area contributed by atoms with Crippen molar-refractivity contribution in [3.8, 4) is 11.3 Å². The molecule has 0 radical (unpaired) electrons. The minimum absolute atomic E-state index is 0.0000316. The van der Waals surface area contributed by atoms with Crippen molar-refractivity contribution in [3.63, 3.8) is 0 Å². The first kappa shape index (κ1) is 24.4. The number of β-amino-alcohol motifs (C(OH)–C–C–N with tert-alkyl or cyclic N) is 1. The van der Waals surface area contributed by atoms with Gasteiger partial charge in [0.1, 0.15) is 17.7 Å². The topological polar surface area (TPSA) is 135 Å². The number of hydrogen-bond acceptors (Lipinski definition) is 8. The molecule has 0 bridgehead atoms. The number of anilines is 2. The number of amides is 1. The minimum Gasteiger partial charge on any atom is -0.382 e. The van der Waals surface area contributed by atoms with Crippen molar-refractivity contribution in [1.29, 1.82) is 0 Å². The van der Waals surface area contributed by atoms with Gasteiger partial charge in [-0.2, -0.15) is 0 Å². The summed E-state index contributed by atoms with van der Waals surface area (Å²) in [6, 6.07) is 2.77. The Morgan fingerprint density at radius 3 is 2.70 bits per heavy atom. The Morgan fingerprint density at radius 1 is 1.14 bits per heavy atom. The summed E-state index contributed by atoms with van der Waals surface area (Å²) in [5.41, 5.74) is 6.17. The summed E-state index contributed by atoms with van der Waals surface area (Å²) in [5, 5.41) is 13.5. The molecule has 1 unspecified atom stereocenters. The molecule has 4 heterocycles. The first-order valence-corrected chi connectivity index (χ1v) is 11.4. The molecule has 1 atom stereocenters. The van der Waals surface area contributed by atoms with Gasteiger partial charge < -0.3 is 25.6 Å². The summed E-state index contributed by atoms with van der Waals surface area (Å²) in [6.07, 6.45) is 5.10. The molecule has 5 rings (SSSR count). The van der Waals surface area contributed by atoms with Crippen LogP contribution in [0.4, 0.5) is 24.7 Å². The fourth-order valence-corrected chi connectivity index (χ4v) is 4.63. The van der Waals surface area contributed by atoms with E-state index in [1.807, 2.05) is 4.90 Å². The van der Waals surface area contributed by atoms with Crippen molar-refractivity contribution in [1.82, 2.24) is 29.8 Å². The molecule has 0 spiro atoms. The van der Waals surface area contributed by atoms with Gasteiger partial charge in [-0.25, -0.2) is 28.1 Å². The summed E-state index contributed by atoms with van der Waals surface area (Å²) in [7, 11) is 1.45. The lowest BCUT2D eigenvalue weighted by molar-refractivity contribution is -0.140. The molecular weight excluding hydrogens is 489 g/mol. The Balaban J connectivity index is 1.61. The van der Waals surface area contributed by atoms with Crippen molar-refractivity contribution in [3.05, 3.63) is 60.1 Å². The van der Waals surface area contributed by atoms with Crippen LogP contribution in [0.5, 0.6) is 0 Å². The van der Waals surface area contributed by atoms with Gasteiger partial charge in [-0.1, -0.05) is 0 Å². The quantitative estimate of drug-likeness (QED) is 0.346. The standard InChI is InChI=1S/C24H23F3N8O2/c1-29-23(36)24(37)3-2-4-34(10-24)19-8-30-18(14-6-16(26)17(27)7-15(14)25)5-13(19)9-35-12-33-20-21(28)31-11-32-22(20)35/h5-8,11-12,37H,2-4,9-10H2,1H3,(H,29,36)(H2,28,31,32). The molecule has 1 aromatic carbocycles. The van der Waals surface area contributed by atoms with Crippen LogP contribution in [0.1, 0.15) is 18.4 Å². The van der Waals surface area contributed by atoms with Crippen LogP contribution in [0.2, 0.25) is 0 Å². The van der Waals surface area contributed by atoms with Gasteiger partial charge in [-0.15, -0.1) is 0 Å². The number of hydrogen-bond donors (Lipinski definition) is 3. The normalized spacial score (nSPS) is 17.8. The highest BCUT2D eigenvalue weighted by molar-refractivity contribution is 5.86. The number of pyridine rings is 1. The zero-order valence-corrected chi connectivity index (χ0v) is 19.7. The van der Waals surface area contributed by atoms with Crippen LogP contribution in [-0.4, -0.2) is 61.3 Å². The van der Waals surface area contributed by atoms with Crippen LogP contribution in [-0.2, 0) is 11.3 Å². The van der Waals surface area contributed by atoms with Gasteiger partial charge >= 0.3 is 0 Å². The summed E-state index contributed by atoms with van der Waals surface area (Å²) in [5.74, 6) is -3.77. The second-order valence-electron chi connectivity index (χ2n) is 8.88. The molecule has 0 saturated carbocycles. The maximum Gasteiger partial charge on any atom is 0.253 e. The van der Waals surface area contributed by atoms with Crippen molar-refractivity contribution in [2.24, 2.45) is 0 Å². The SMILES string of the molecule is CNC(=O)C1(O)CCCN(c2cnc(-c3cc(F)c(F)cc3F)cc2Cn2cnc3c(N)ncnc32)C1. The lowest BCUT2D eigenvalue weighted by Crippen LogP contribution is -2.56. The number of nitrogen functional groups attached to an aromatic ring is 1. The average molecular weight is 512 g/mol. The molecular formula is C24H23F3N8O2. The van der Waals surface area contributed by atoms with Gasteiger partial charge in [0.2, 0.25) is 0 Å². The third-order valence-corrected chi connectivity index (χ3v) is 6.48. The van der Waals surface area contributed by atoms with Gasteiger partial charge in [0.05, 0.1) is 37.0 Å². The van der Waals surface area contributed by atoms with Crippen LogP contribution in [0.3, 0.4) is 0 Å². The number of aliphatic hydroxyl groups is 1. The van der Waals surface area contributed by atoms with Crippen LogP contribution in [0.25, 0.3) is 22.4 Å². The van der Waals surface area contributed by atoms with Crippen molar-refractivity contribution in [2.75, 3.05) is 30.8 Å². The monoisotopic (exact) mass is 512 g/mol. The fourth-order valence-electron chi connectivity index (χ4n) is 4.63. The van der Waals surface area contributed by atoms with Crippen molar-refractivity contribution in [2.45, 2.75) is 25.0 Å². The maximum atomic E-state index is 14.6. The number of halogens is 3.